The molecule has 0 spiro atoms. The predicted molar refractivity (Wildman–Crippen MR) is 77.0 cm³/mol. The minimum atomic E-state index is 0.188. The van der Waals surface area contributed by atoms with E-state index in [1.165, 1.54) is 0 Å². The van der Waals surface area contributed by atoms with Gasteiger partial charge in [0.05, 0.1) is 0 Å². The average molecular weight is 324 g/mol. The van der Waals surface area contributed by atoms with E-state index in [1.807, 2.05) is 38.4 Å². The van der Waals surface area contributed by atoms with Crippen molar-refractivity contribution in [1.82, 2.24) is 15.0 Å². The minimum Gasteiger partial charge on any atom is -0.486 e. The number of nitrogens with zero attached hydrogens (tertiary/aromatic N) is 4. The highest BCUT2D eigenvalue weighted by atomic mass is 79.9. The molecule has 0 aliphatic carbocycles. The van der Waals surface area contributed by atoms with Crippen LogP contribution in [-0.4, -0.2) is 29.0 Å². The average Bonchev–Trinajstić information content (AvgIpc) is 2.37. The molecule has 0 radical (unpaired) electrons. The molecule has 100 valence electrons. The maximum Gasteiger partial charge on any atom is 0.230 e. The third-order valence-corrected chi connectivity index (χ3v) is 2.80. The zero-order valence-electron chi connectivity index (χ0n) is 10.7. The first-order valence-corrected chi connectivity index (χ1v) is 6.40. The molecule has 0 saturated heterocycles. The third-order valence-electron chi connectivity index (χ3n) is 2.27. The second-order valence-corrected chi connectivity index (χ2v) is 4.96. The molecule has 1 heterocycles. The van der Waals surface area contributed by atoms with Crippen molar-refractivity contribution in [2.24, 2.45) is 0 Å². The van der Waals surface area contributed by atoms with Crippen LogP contribution in [-0.2, 0) is 6.61 Å². The van der Waals surface area contributed by atoms with E-state index in [0.717, 1.165) is 10.2 Å². The molecule has 2 aromatic rings. The van der Waals surface area contributed by atoms with E-state index in [2.05, 4.69) is 30.9 Å². The normalized spacial score (nSPS) is 10.3. The monoisotopic (exact) mass is 323 g/mol. The molecular formula is C12H14BrN5O. The van der Waals surface area contributed by atoms with Crippen molar-refractivity contribution >= 4 is 27.8 Å². The largest absolute Gasteiger partial charge is 0.486 e. The van der Waals surface area contributed by atoms with Crippen molar-refractivity contribution in [1.29, 1.82) is 0 Å². The summed E-state index contributed by atoms with van der Waals surface area (Å²) in [6.45, 7) is 0.245. The number of anilines is 2. The van der Waals surface area contributed by atoms with E-state index in [4.69, 9.17) is 10.5 Å². The molecule has 0 saturated carbocycles. The van der Waals surface area contributed by atoms with Crippen LogP contribution < -0.4 is 15.4 Å². The summed E-state index contributed by atoms with van der Waals surface area (Å²) in [6, 6.07) is 7.54. The zero-order chi connectivity index (χ0) is 13.8. The fourth-order valence-electron chi connectivity index (χ4n) is 1.37. The van der Waals surface area contributed by atoms with Crippen LogP contribution in [0.2, 0.25) is 0 Å². The van der Waals surface area contributed by atoms with Gasteiger partial charge in [-0.15, -0.1) is 0 Å². The fraction of sp³-hybridized carbons (Fsp3) is 0.250. The van der Waals surface area contributed by atoms with Gasteiger partial charge in [0.15, 0.2) is 5.82 Å². The van der Waals surface area contributed by atoms with Gasteiger partial charge in [0.2, 0.25) is 11.9 Å². The van der Waals surface area contributed by atoms with Crippen molar-refractivity contribution in [3.63, 3.8) is 0 Å². The Bertz CT molecular complexity index is 559. The molecule has 0 aliphatic rings. The number of ether oxygens (including phenoxy) is 1. The van der Waals surface area contributed by atoms with Crippen molar-refractivity contribution in [3.8, 4) is 5.75 Å². The third kappa shape index (κ3) is 3.78. The molecule has 0 atom stereocenters. The summed E-state index contributed by atoms with van der Waals surface area (Å²) in [7, 11) is 3.68. The van der Waals surface area contributed by atoms with Crippen LogP contribution in [0.25, 0.3) is 0 Å². The Labute approximate surface area is 119 Å². The Morgan fingerprint density at radius 2 is 1.84 bits per heavy atom. The second kappa shape index (κ2) is 5.83. The number of nitrogen functional groups attached to an aromatic ring is 1. The van der Waals surface area contributed by atoms with E-state index in [0.29, 0.717) is 11.8 Å². The van der Waals surface area contributed by atoms with Gasteiger partial charge >= 0.3 is 0 Å². The maximum absolute atomic E-state index is 5.64. The lowest BCUT2D eigenvalue weighted by Crippen LogP contribution is -2.16. The van der Waals surface area contributed by atoms with E-state index < -0.39 is 0 Å². The molecule has 1 aromatic carbocycles. The maximum atomic E-state index is 5.64. The lowest BCUT2D eigenvalue weighted by molar-refractivity contribution is 0.295. The van der Waals surface area contributed by atoms with Gasteiger partial charge in [0, 0.05) is 18.6 Å². The van der Waals surface area contributed by atoms with Crippen LogP contribution in [0.1, 0.15) is 5.82 Å². The molecule has 0 fully saturated rings. The summed E-state index contributed by atoms with van der Waals surface area (Å²) in [6.07, 6.45) is 0. The summed E-state index contributed by atoms with van der Waals surface area (Å²) >= 11 is 3.37. The van der Waals surface area contributed by atoms with Gasteiger partial charge in [-0.2, -0.15) is 15.0 Å². The number of rotatable bonds is 4. The SMILES string of the molecule is CN(C)c1nc(N)nc(COc2ccc(Br)cc2)n1. The summed E-state index contributed by atoms with van der Waals surface area (Å²) in [5.41, 5.74) is 5.64. The van der Waals surface area contributed by atoms with Crippen LogP contribution in [0.5, 0.6) is 5.75 Å². The Balaban J connectivity index is 2.08. The van der Waals surface area contributed by atoms with E-state index in [-0.39, 0.29) is 12.6 Å². The Hall–Kier alpha value is -1.89. The molecule has 0 amide bonds. The number of halogens is 1. The van der Waals surface area contributed by atoms with Crippen molar-refractivity contribution in [2.75, 3.05) is 24.7 Å². The Kier molecular flexibility index (Phi) is 4.16. The van der Waals surface area contributed by atoms with Gasteiger partial charge in [-0.3, -0.25) is 0 Å². The summed E-state index contributed by atoms with van der Waals surface area (Å²) in [5, 5.41) is 0. The Morgan fingerprint density at radius 1 is 1.16 bits per heavy atom. The number of nitrogens with two attached hydrogens (primary N) is 1. The second-order valence-electron chi connectivity index (χ2n) is 4.05. The van der Waals surface area contributed by atoms with Gasteiger partial charge in [0.25, 0.3) is 0 Å². The molecule has 2 N–H and O–H groups in total. The number of hydrogen-bond donors (Lipinski definition) is 1. The summed E-state index contributed by atoms with van der Waals surface area (Å²) in [5.74, 6) is 1.95. The predicted octanol–water partition coefficient (Wildman–Crippen LogP) is 1.86. The van der Waals surface area contributed by atoms with Crippen molar-refractivity contribution in [2.45, 2.75) is 6.61 Å². The first-order chi connectivity index (χ1) is 9.04. The van der Waals surface area contributed by atoms with Gasteiger partial charge < -0.3 is 15.4 Å². The lowest BCUT2D eigenvalue weighted by atomic mass is 10.3. The molecule has 0 aliphatic heterocycles. The summed E-state index contributed by atoms with van der Waals surface area (Å²) < 4.78 is 6.59. The highest BCUT2D eigenvalue weighted by molar-refractivity contribution is 9.10. The molecule has 6 nitrogen and oxygen atoms in total. The quantitative estimate of drug-likeness (QED) is 0.925. The van der Waals surface area contributed by atoms with Gasteiger partial charge in [0.1, 0.15) is 12.4 Å². The van der Waals surface area contributed by atoms with E-state index in [9.17, 15) is 0 Å². The van der Waals surface area contributed by atoms with Crippen LogP contribution in [0.15, 0.2) is 28.7 Å². The lowest BCUT2D eigenvalue weighted by Gasteiger charge is -2.11. The number of benzene rings is 1. The minimum absolute atomic E-state index is 0.188. The van der Waals surface area contributed by atoms with Crippen molar-refractivity contribution in [3.05, 3.63) is 34.6 Å². The van der Waals surface area contributed by atoms with E-state index >= 15 is 0 Å². The molecule has 7 heteroatoms. The van der Waals surface area contributed by atoms with Crippen LogP contribution in [0.3, 0.4) is 0 Å². The molecule has 19 heavy (non-hydrogen) atoms. The fourth-order valence-corrected chi connectivity index (χ4v) is 1.63. The van der Waals surface area contributed by atoms with Gasteiger partial charge in [-0.25, -0.2) is 0 Å². The molecule has 1 aromatic heterocycles. The molecule has 2 rings (SSSR count). The highest BCUT2D eigenvalue weighted by Gasteiger charge is 2.06. The smallest absolute Gasteiger partial charge is 0.230 e. The number of hydrogen-bond acceptors (Lipinski definition) is 6. The molecular weight excluding hydrogens is 310 g/mol. The summed E-state index contributed by atoms with van der Waals surface area (Å²) in [4.78, 5) is 14.1. The molecule has 0 unspecified atom stereocenters. The molecule has 0 bridgehead atoms. The van der Waals surface area contributed by atoms with Gasteiger partial charge in [-0.05, 0) is 24.3 Å². The first-order valence-electron chi connectivity index (χ1n) is 5.61. The van der Waals surface area contributed by atoms with Crippen molar-refractivity contribution < 1.29 is 4.74 Å². The zero-order valence-corrected chi connectivity index (χ0v) is 12.3. The first kappa shape index (κ1) is 13.5. The van der Waals surface area contributed by atoms with Crippen LogP contribution in [0, 0.1) is 0 Å². The van der Waals surface area contributed by atoms with Crippen LogP contribution >= 0.6 is 15.9 Å². The Morgan fingerprint density at radius 3 is 2.47 bits per heavy atom. The standard InChI is InChI=1S/C12H14BrN5O/c1-18(2)12-16-10(15-11(14)17-12)7-19-9-5-3-8(13)4-6-9/h3-6H,7H2,1-2H3,(H2,14,15,16,17). The topological polar surface area (TPSA) is 77.2 Å². The highest BCUT2D eigenvalue weighted by Crippen LogP contribution is 2.17. The van der Waals surface area contributed by atoms with Crippen LogP contribution in [0.4, 0.5) is 11.9 Å². The number of aromatic nitrogens is 3. The van der Waals surface area contributed by atoms with E-state index in [1.54, 1.807) is 4.90 Å². The van der Waals surface area contributed by atoms with Gasteiger partial charge in [-0.1, -0.05) is 15.9 Å².